The Labute approximate surface area is 109 Å². The number of halogens is 1. The Hall–Kier alpha value is -1.39. The molecule has 17 heavy (non-hydrogen) atoms. The summed E-state index contributed by atoms with van der Waals surface area (Å²) in [6.45, 7) is 2.14. The molecule has 0 amide bonds. The fourth-order valence-corrected chi connectivity index (χ4v) is 2.11. The topological polar surface area (TPSA) is 46.0 Å². The van der Waals surface area contributed by atoms with Gasteiger partial charge >= 0.3 is 0 Å². The van der Waals surface area contributed by atoms with Crippen molar-refractivity contribution in [1.82, 2.24) is 4.98 Å². The zero-order valence-corrected chi connectivity index (χ0v) is 10.8. The number of nitrogens with zero attached hydrogens (tertiary/aromatic N) is 1. The molecule has 0 unspecified atom stereocenters. The summed E-state index contributed by atoms with van der Waals surface area (Å²) < 4.78 is 5.56. The van der Waals surface area contributed by atoms with Gasteiger partial charge in [0.05, 0.1) is 11.4 Å². The predicted octanol–water partition coefficient (Wildman–Crippen LogP) is 3.76. The van der Waals surface area contributed by atoms with Gasteiger partial charge in [0.1, 0.15) is 17.4 Å². The van der Waals surface area contributed by atoms with E-state index in [4.69, 9.17) is 21.7 Å². The summed E-state index contributed by atoms with van der Waals surface area (Å²) in [7, 11) is 0. The summed E-state index contributed by atoms with van der Waals surface area (Å²) in [5, 5.41) is 10.9. The van der Waals surface area contributed by atoms with Gasteiger partial charge in [-0.25, -0.2) is 4.98 Å². The molecule has 0 spiro atoms. The third kappa shape index (κ3) is 3.28. The summed E-state index contributed by atoms with van der Waals surface area (Å²) in [5.74, 6) is 0.762. The highest BCUT2D eigenvalue weighted by molar-refractivity contribution is 7.09. The van der Waals surface area contributed by atoms with Crippen molar-refractivity contribution in [2.45, 2.75) is 13.5 Å². The molecule has 1 N–H and O–H groups in total. The van der Waals surface area contributed by atoms with E-state index in [1.807, 2.05) is 17.5 Å². The van der Waals surface area contributed by atoms with Crippen molar-refractivity contribution in [1.29, 1.82) is 5.41 Å². The van der Waals surface area contributed by atoms with Crippen LogP contribution < -0.4 is 4.74 Å². The number of hydrogen-bond donors (Lipinski definition) is 1. The van der Waals surface area contributed by atoms with Crippen LogP contribution in [0.15, 0.2) is 29.6 Å². The van der Waals surface area contributed by atoms with E-state index in [1.165, 1.54) is 11.3 Å². The minimum absolute atomic E-state index is 0.416. The lowest BCUT2D eigenvalue weighted by molar-refractivity contribution is 0.305. The molecule has 5 heteroatoms. The SMILES string of the molecule is CC(=N)c1csc(COc2ccc(Cl)cc2)n1. The molecular formula is C12H11ClN2OS. The monoisotopic (exact) mass is 266 g/mol. The second kappa shape index (κ2) is 5.29. The van der Waals surface area contributed by atoms with Crippen molar-refractivity contribution in [2.24, 2.45) is 0 Å². The van der Waals surface area contributed by atoms with E-state index in [-0.39, 0.29) is 0 Å². The fraction of sp³-hybridized carbons (Fsp3) is 0.167. The fourth-order valence-electron chi connectivity index (χ4n) is 1.23. The van der Waals surface area contributed by atoms with Crippen LogP contribution in [0.2, 0.25) is 5.02 Å². The van der Waals surface area contributed by atoms with Crippen LogP contribution in [-0.4, -0.2) is 10.7 Å². The van der Waals surface area contributed by atoms with E-state index in [0.29, 0.717) is 23.0 Å². The minimum Gasteiger partial charge on any atom is -0.486 e. The van der Waals surface area contributed by atoms with Crippen LogP contribution in [0.4, 0.5) is 0 Å². The Kier molecular flexibility index (Phi) is 3.76. The van der Waals surface area contributed by atoms with Gasteiger partial charge in [0, 0.05) is 10.4 Å². The van der Waals surface area contributed by atoms with E-state index < -0.39 is 0 Å². The standard InChI is InChI=1S/C12H11ClN2OS/c1-8(14)11-7-17-12(15-11)6-16-10-4-2-9(13)3-5-10/h2-5,7,14H,6H2,1H3. The number of nitrogens with one attached hydrogen (secondary N) is 1. The Bertz CT molecular complexity index is 522. The summed E-state index contributed by atoms with van der Waals surface area (Å²) in [6.07, 6.45) is 0. The Morgan fingerprint density at radius 1 is 1.41 bits per heavy atom. The highest BCUT2D eigenvalue weighted by Crippen LogP contribution is 2.18. The number of aromatic nitrogens is 1. The van der Waals surface area contributed by atoms with Crippen LogP contribution in [0.5, 0.6) is 5.75 Å². The number of thiazole rings is 1. The molecule has 0 aliphatic carbocycles. The lowest BCUT2D eigenvalue weighted by atomic mass is 10.3. The summed E-state index contributed by atoms with van der Waals surface area (Å²) >= 11 is 7.27. The average Bonchev–Trinajstić information content (AvgIpc) is 2.77. The maximum Gasteiger partial charge on any atom is 0.140 e. The first-order valence-corrected chi connectivity index (χ1v) is 6.29. The van der Waals surface area contributed by atoms with Crippen LogP contribution in [0, 0.1) is 5.41 Å². The van der Waals surface area contributed by atoms with Crippen LogP contribution in [0.25, 0.3) is 0 Å². The predicted molar refractivity (Wildman–Crippen MR) is 70.4 cm³/mol. The van der Waals surface area contributed by atoms with Gasteiger partial charge in [-0.05, 0) is 31.2 Å². The molecule has 2 rings (SSSR count). The summed E-state index contributed by atoms with van der Waals surface area (Å²) in [5.41, 5.74) is 1.18. The lowest BCUT2D eigenvalue weighted by Gasteiger charge is -2.03. The zero-order valence-electron chi connectivity index (χ0n) is 9.24. The summed E-state index contributed by atoms with van der Waals surface area (Å²) in [4.78, 5) is 4.29. The number of hydrogen-bond acceptors (Lipinski definition) is 4. The molecule has 0 bridgehead atoms. The van der Waals surface area contributed by atoms with Gasteiger partial charge in [-0.1, -0.05) is 11.6 Å². The van der Waals surface area contributed by atoms with Gasteiger partial charge in [0.2, 0.25) is 0 Å². The smallest absolute Gasteiger partial charge is 0.140 e. The third-order valence-corrected chi connectivity index (χ3v) is 3.19. The van der Waals surface area contributed by atoms with E-state index in [0.717, 1.165) is 10.8 Å². The number of benzene rings is 1. The molecule has 0 fully saturated rings. The molecule has 1 aromatic carbocycles. The molecule has 0 saturated heterocycles. The van der Waals surface area contributed by atoms with Gasteiger partial charge in [0.25, 0.3) is 0 Å². The van der Waals surface area contributed by atoms with Crippen LogP contribution in [0.1, 0.15) is 17.6 Å². The highest BCUT2D eigenvalue weighted by atomic mass is 35.5. The molecule has 1 aromatic heterocycles. The quantitative estimate of drug-likeness (QED) is 0.857. The van der Waals surface area contributed by atoms with E-state index >= 15 is 0 Å². The van der Waals surface area contributed by atoms with Gasteiger partial charge in [-0.15, -0.1) is 11.3 Å². The van der Waals surface area contributed by atoms with Gasteiger partial charge in [-0.3, -0.25) is 0 Å². The lowest BCUT2D eigenvalue weighted by Crippen LogP contribution is -1.97. The Morgan fingerprint density at radius 2 is 2.12 bits per heavy atom. The number of ether oxygens (including phenoxy) is 1. The first-order chi connectivity index (χ1) is 8.15. The van der Waals surface area contributed by atoms with Crippen LogP contribution in [-0.2, 0) is 6.61 Å². The molecular weight excluding hydrogens is 256 g/mol. The first-order valence-electron chi connectivity index (χ1n) is 5.03. The van der Waals surface area contributed by atoms with E-state index in [2.05, 4.69) is 4.98 Å². The Morgan fingerprint density at radius 3 is 2.71 bits per heavy atom. The van der Waals surface area contributed by atoms with Crippen molar-refractivity contribution in [3.63, 3.8) is 0 Å². The molecule has 0 atom stereocenters. The largest absolute Gasteiger partial charge is 0.486 e. The van der Waals surface area contributed by atoms with Gasteiger partial charge in [-0.2, -0.15) is 0 Å². The second-order valence-electron chi connectivity index (χ2n) is 3.49. The minimum atomic E-state index is 0.416. The molecule has 1 heterocycles. The third-order valence-electron chi connectivity index (χ3n) is 2.11. The number of rotatable bonds is 4. The van der Waals surface area contributed by atoms with Crippen molar-refractivity contribution in [3.8, 4) is 5.75 Å². The van der Waals surface area contributed by atoms with E-state index in [9.17, 15) is 0 Å². The van der Waals surface area contributed by atoms with Crippen molar-refractivity contribution in [2.75, 3.05) is 0 Å². The molecule has 0 saturated carbocycles. The van der Waals surface area contributed by atoms with Crippen molar-refractivity contribution < 1.29 is 4.74 Å². The van der Waals surface area contributed by atoms with Crippen molar-refractivity contribution >= 4 is 28.6 Å². The molecule has 88 valence electrons. The van der Waals surface area contributed by atoms with Crippen molar-refractivity contribution in [3.05, 3.63) is 45.4 Å². The summed E-state index contributed by atoms with van der Waals surface area (Å²) in [6, 6.07) is 7.20. The average molecular weight is 267 g/mol. The molecule has 2 aromatic rings. The van der Waals surface area contributed by atoms with Gasteiger partial charge in [0.15, 0.2) is 0 Å². The van der Waals surface area contributed by atoms with Gasteiger partial charge < -0.3 is 10.1 Å². The molecule has 0 aliphatic heterocycles. The molecule has 3 nitrogen and oxygen atoms in total. The Balaban J connectivity index is 1.97. The molecule has 0 aliphatic rings. The second-order valence-corrected chi connectivity index (χ2v) is 4.87. The maximum absolute atomic E-state index is 7.46. The molecule has 0 radical (unpaired) electrons. The zero-order chi connectivity index (χ0) is 12.3. The normalized spacial score (nSPS) is 10.2. The highest BCUT2D eigenvalue weighted by Gasteiger charge is 2.04. The first kappa shape index (κ1) is 12.1. The van der Waals surface area contributed by atoms with Crippen LogP contribution in [0.3, 0.4) is 0 Å². The van der Waals surface area contributed by atoms with E-state index in [1.54, 1.807) is 19.1 Å². The van der Waals surface area contributed by atoms with Crippen LogP contribution >= 0.6 is 22.9 Å². The maximum atomic E-state index is 7.46.